The average Bonchev–Trinajstić information content (AvgIpc) is 3.75. The smallest absolute Gasteiger partial charge is 0.144 e. The number of methoxy groups -OCH3 is 1. The summed E-state index contributed by atoms with van der Waals surface area (Å²) in [7, 11) is -1.08. The van der Waals surface area contributed by atoms with E-state index in [1.807, 2.05) is 29.6 Å². The first-order valence-corrected chi connectivity index (χ1v) is 18.0. The number of benzene rings is 2. The number of carbonyl (C=O) groups is 1. The number of allylic oxidation sites excluding steroid dienone is 1. The summed E-state index contributed by atoms with van der Waals surface area (Å²) in [6.07, 6.45) is 4.81. The Morgan fingerprint density at radius 1 is 1.09 bits per heavy atom. The van der Waals surface area contributed by atoms with E-state index in [9.17, 15) is 13.4 Å². The predicted molar refractivity (Wildman–Crippen MR) is 177 cm³/mol. The zero-order chi connectivity index (χ0) is 31.1. The molecule has 0 saturated carbocycles. The molecule has 1 atom stereocenters. The molecule has 5 heterocycles. The number of thiophene rings is 1. The van der Waals surface area contributed by atoms with Crippen LogP contribution in [0.2, 0.25) is 0 Å². The second kappa shape index (κ2) is 12.1. The standard InChI is InChI=1S/C33H29FN4O4S3/c1-41-12-13-42-27-16-23(34)5-6-24(27)29-31(33-36-26-7-10-38(9-2-11-39)17-28(26)44-33)37-30(25-8-14-43-32(25)29)20-3-4-21-18-45(35,40)19-22(21)15-20/h2-6,8-9,11,14-16,35H,7,10,12-13,17-19H2,1H3/t45-/m0/s1. The van der Waals surface area contributed by atoms with Crippen LogP contribution in [0.1, 0.15) is 21.7 Å². The molecule has 2 aliphatic heterocycles. The number of nitrogens with one attached hydrogen (secondary N) is 1. The van der Waals surface area contributed by atoms with Crippen molar-refractivity contribution in [3.63, 3.8) is 0 Å². The SMILES string of the molecule is COCCOc1cc(F)ccc1-c1c(-c2nc3c(s2)CN(C=CC=O)CC3)nc(-c2ccc3c(c2)C[S@@](=N)(=O)C3)c2ccsc12. The van der Waals surface area contributed by atoms with Crippen molar-refractivity contribution >= 4 is 48.8 Å². The Bertz CT molecular complexity index is 2090. The van der Waals surface area contributed by atoms with E-state index < -0.39 is 15.5 Å². The molecule has 8 nitrogen and oxygen atoms in total. The molecular weight excluding hydrogens is 632 g/mol. The van der Waals surface area contributed by atoms with Crippen LogP contribution in [0.15, 0.2) is 60.1 Å². The number of ether oxygens (including phenoxy) is 2. The number of aldehydes is 1. The third kappa shape index (κ3) is 5.79. The highest BCUT2D eigenvalue weighted by Gasteiger charge is 2.28. The molecule has 230 valence electrons. The molecule has 45 heavy (non-hydrogen) atoms. The molecular formula is C33H29FN4O4S3. The minimum absolute atomic E-state index is 0.236. The van der Waals surface area contributed by atoms with Crippen molar-refractivity contribution in [3.05, 3.63) is 87.6 Å². The Morgan fingerprint density at radius 2 is 1.96 bits per heavy atom. The second-order valence-electron chi connectivity index (χ2n) is 11.0. The van der Waals surface area contributed by atoms with Crippen LogP contribution in [0, 0.1) is 10.6 Å². The van der Waals surface area contributed by atoms with Crippen LogP contribution < -0.4 is 4.74 Å². The summed E-state index contributed by atoms with van der Waals surface area (Å²) in [6.45, 7) is 2.00. The number of aromatic nitrogens is 2. The molecule has 0 fully saturated rings. The molecule has 2 aliphatic rings. The van der Waals surface area contributed by atoms with Gasteiger partial charge >= 0.3 is 0 Å². The van der Waals surface area contributed by atoms with Crippen LogP contribution in [0.25, 0.3) is 43.2 Å². The molecule has 0 amide bonds. The first-order chi connectivity index (χ1) is 21.8. The minimum Gasteiger partial charge on any atom is -0.490 e. The first-order valence-electron chi connectivity index (χ1n) is 14.4. The maximum absolute atomic E-state index is 14.6. The van der Waals surface area contributed by atoms with Gasteiger partial charge in [0.15, 0.2) is 0 Å². The molecule has 5 aromatic rings. The molecule has 0 aliphatic carbocycles. The number of thiazole rings is 1. The Morgan fingerprint density at radius 3 is 2.80 bits per heavy atom. The normalized spacial score (nSPS) is 17.6. The highest BCUT2D eigenvalue weighted by atomic mass is 32.2. The lowest BCUT2D eigenvalue weighted by Crippen LogP contribution is -2.24. The fourth-order valence-electron chi connectivity index (χ4n) is 5.91. The van der Waals surface area contributed by atoms with Gasteiger partial charge in [0.05, 0.1) is 45.8 Å². The third-order valence-electron chi connectivity index (χ3n) is 7.96. The summed E-state index contributed by atoms with van der Waals surface area (Å²) in [4.78, 5) is 24.5. The van der Waals surface area contributed by atoms with Crippen LogP contribution in [-0.2, 0) is 43.7 Å². The quantitative estimate of drug-likeness (QED) is 0.103. The van der Waals surface area contributed by atoms with E-state index in [0.717, 1.165) is 72.9 Å². The summed E-state index contributed by atoms with van der Waals surface area (Å²) in [5, 5.41) is 3.70. The first kappa shape index (κ1) is 29.7. The van der Waals surface area contributed by atoms with Crippen molar-refractivity contribution < 1.29 is 22.9 Å². The summed E-state index contributed by atoms with van der Waals surface area (Å²) in [5.41, 5.74) is 6.71. The number of pyridine rings is 1. The van der Waals surface area contributed by atoms with Gasteiger partial charge in [-0.1, -0.05) is 12.1 Å². The van der Waals surface area contributed by atoms with Gasteiger partial charge in [-0.2, -0.15) is 0 Å². The van der Waals surface area contributed by atoms with E-state index in [1.165, 1.54) is 18.2 Å². The molecule has 3 aromatic heterocycles. The van der Waals surface area contributed by atoms with Crippen LogP contribution in [0.3, 0.4) is 0 Å². The number of hydrogen-bond donors (Lipinski definition) is 1. The van der Waals surface area contributed by atoms with Crippen molar-refractivity contribution in [1.82, 2.24) is 14.9 Å². The van der Waals surface area contributed by atoms with Gasteiger partial charge in [0.25, 0.3) is 0 Å². The van der Waals surface area contributed by atoms with E-state index in [0.29, 0.717) is 30.2 Å². The van der Waals surface area contributed by atoms with Crippen LogP contribution >= 0.6 is 22.7 Å². The summed E-state index contributed by atoms with van der Waals surface area (Å²) < 4.78 is 47.6. The highest BCUT2D eigenvalue weighted by molar-refractivity contribution is 7.91. The number of halogens is 1. The Hall–Kier alpha value is -3.97. The molecule has 2 aromatic carbocycles. The maximum Gasteiger partial charge on any atom is 0.144 e. The predicted octanol–water partition coefficient (Wildman–Crippen LogP) is 7.05. The Labute approximate surface area is 268 Å². The number of rotatable bonds is 9. The zero-order valence-corrected chi connectivity index (χ0v) is 26.8. The highest BCUT2D eigenvalue weighted by Crippen LogP contribution is 2.47. The molecule has 0 bridgehead atoms. The molecule has 0 radical (unpaired) electrons. The lowest BCUT2D eigenvalue weighted by Gasteiger charge is -2.23. The number of hydrogen-bond acceptors (Lipinski definition) is 10. The van der Waals surface area contributed by atoms with Gasteiger partial charge in [0.2, 0.25) is 0 Å². The van der Waals surface area contributed by atoms with Gasteiger partial charge in [-0.25, -0.2) is 18.6 Å². The lowest BCUT2D eigenvalue weighted by atomic mass is 9.97. The molecule has 0 saturated heterocycles. The van der Waals surface area contributed by atoms with E-state index in [1.54, 1.807) is 42.0 Å². The van der Waals surface area contributed by atoms with Crippen molar-refractivity contribution in [2.45, 2.75) is 24.5 Å². The second-order valence-corrected chi connectivity index (χ2v) is 15.2. The van der Waals surface area contributed by atoms with Crippen molar-refractivity contribution in [2.24, 2.45) is 0 Å². The lowest BCUT2D eigenvalue weighted by molar-refractivity contribution is -0.104. The van der Waals surface area contributed by atoms with Gasteiger partial charge in [-0.3, -0.25) is 9.57 Å². The van der Waals surface area contributed by atoms with Gasteiger partial charge in [0, 0.05) is 64.0 Å². The number of fused-ring (bicyclic) bond motifs is 3. The minimum atomic E-state index is -2.67. The molecule has 0 spiro atoms. The summed E-state index contributed by atoms with van der Waals surface area (Å²) in [5.74, 6) is 0.498. The Balaban J connectivity index is 1.44. The largest absolute Gasteiger partial charge is 0.490 e. The van der Waals surface area contributed by atoms with Crippen LogP contribution in [0.5, 0.6) is 5.75 Å². The Kier molecular flexibility index (Phi) is 7.98. The molecule has 12 heteroatoms. The van der Waals surface area contributed by atoms with Crippen molar-refractivity contribution in [2.75, 3.05) is 26.9 Å². The topological polar surface area (TPSA) is 105 Å². The third-order valence-corrected chi connectivity index (χ3v) is 11.5. The monoisotopic (exact) mass is 660 g/mol. The summed E-state index contributed by atoms with van der Waals surface area (Å²) >= 11 is 3.14. The molecule has 0 unspecified atom stereocenters. The van der Waals surface area contributed by atoms with E-state index in [4.69, 9.17) is 24.2 Å². The van der Waals surface area contributed by atoms with Gasteiger partial charge in [-0.05, 0) is 46.8 Å². The van der Waals surface area contributed by atoms with E-state index in [-0.39, 0.29) is 18.1 Å². The summed E-state index contributed by atoms with van der Waals surface area (Å²) in [6, 6.07) is 12.6. The van der Waals surface area contributed by atoms with Gasteiger partial charge in [-0.15, -0.1) is 22.7 Å². The van der Waals surface area contributed by atoms with Gasteiger partial charge < -0.3 is 14.4 Å². The van der Waals surface area contributed by atoms with E-state index in [2.05, 4.69) is 4.90 Å². The molecule has 7 rings (SSSR count). The number of nitrogens with zero attached hydrogens (tertiary/aromatic N) is 3. The van der Waals surface area contributed by atoms with Crippen LogP contribution in [0.4, 0.5) is 4.39 Å². The van der Waals surface area contributed by atoms with Crippen molar-refractivity contribution in [1.29, 1.82) is 4.78 Å². The van der Waals surface area contributed by atoms with Crippen LogP contribution in [-0.4, -0.2) is 52.2 Å². The van der Waals surface area contributed by atoms with E-state index >= 15 is 0 Å². The van der Waals surface area contributed by atoms with Crippen molar-refractivity contribution in [3.8, 4) is 38.8 Å². The molecule has 1 N–H and O–H groups in total. The average molecular weight is 661 g/mol. The number of carbonyl (C=O) groups excluding carboxylic acids is 1. The fraction of sp³-hybridized carbons (Fsp3) is 0.242. The zero-order valence-electron chi connectivity index (χ0n) is 24.4. The maximum atomic E-state index is 14.6. The fourth-order valence-corrected chi connectivity index (χ4v) is 9.65. The van der Waals surface area contributed by atoms with Gasteiger partial charge in [0.1, 0.15) is 35.2 Å².